The highest BCUT2D eigenvalue weighted by molar-refractivity contribution is 6.49. The summed E-state index contributed by atoms with van der Waals surface area (Å²) < 4.78 is 0. The summed E-state index contributed by atoms with van der Waals surface area (Å²) >= 11 is 11.7. The van der Waals surface area contributed by atoms with Gasteiger partial charge >= 0.3 is 0 Å². The van der Waals surface area contributed by atoms with E-state index < -0.39 is 0 Å². The number of hydrogen-bond donors (Lipinski definition) is 0. The van der Waals surface area contributed by atoms with Crippen LogP contribution in [0.5, 0.6) is 0 Å². The molecule has 0 N–H and O–H groups in total. The molecule has 13 heavy (non-hydrogen) atoms. The number of nitriles is 1. The summed E-state index contributed by atoms with van der Waals surface area (Å²) in [4.78, 5) is 0. The van der Waals surface area contributed by atoms with E-state index in [1.54, 1.807) is 25.1 Å². The summed E-state index contributed by atoms with van der Waals surface area (Å²) in [5.74, 6) is 0. The average molecular weight is 212 g/mol. The van der Waals surface area contributed by atoms with Crippen molar-refractivity contribution in [1.82, 2.24) is 0 Å². The average Bonchev–Trinajstić information content (AvgIpc) is 2.15. The van der Waals surface area contributed by atoms with Crippen LogP contribution in [0.2, 0.25) is 5.02 Å². The molecule has 0 bridgehead atoms. The van der Waals surface area contributed by atoms with Gasteiger partial charge in [-0.25, -0.2) is 0 Å². The predicted molar refractivity (Wildman–Crippen MR) is 55.5 cm³/mol. The zero-order valence-corrected chi connectivity index (χ0v) is 8.52. The van der Waals surface area contributed by atoms with Crippen molar-refractivity contribution in [3.8, 4) is 6.07 Å². The Balaban J connectivity index is 3.18. The molecule has 66 valence electrons. The first-order chi connectivity index (χ1) is 6.15. The highest BCUT2D eigenvalue weighted by atomic mass is 35.5. The van der Waals surface area contributed by atoms with Crippen molar-refractivity contribution in [1.29, 1.82) is 5.26 Å². The molecule has 0 aromatic heterocycles. The molecule has 0 saturated heterocycles. The van der Waals surface area contributed by atoms with Crippen molar-refractivity contribution in [2.75, 3.05) is 0 Å². The molecule has 0 heterocycles. The normalized spacial score (nSPS) is 11.8. The summed E-state index contributed by atoms with van der Waals surface area (Å²) in [5.41, 5.74) is 1.26. The summed E-state index contributed by atoms with van der Waals surface area (Å²) in [6.45, 7) is 1.67. The Morgan fingerprint density at radius 3 is 2.69 bits per heavy atom. The Hall–Kier alpha value is -0.970. The number of rotatable bonds is 1. The van der Waals surface area contributed by atoms with E-state index >= 15 is 0 Å². The Morgan fingerprint density at radius 1 is 1.46 bits per heavy atom. The van der Waals surface area contributed by atoms with E-state index in [0.717, 1.165) is 5.56 Å². The van der Waals surface area contributed by atoms with Crippen LogP contribution in [-0.4, -0.2) is 0 Å². The van der Waals surface area contributed by atoms with Crippen LogP contribution in [0.3, 0.4) is 0 Å². The first kappa shape index (κ1) is 10.1. The minimum absolute atomic E-state index is 0.449. The maximum Gasteiger partial charge on any atom is 0.0959 e. The summed E-state index contributed by atoms with van der Waals surface area (Å²) in [6.07, 6.45) is 0. The first-order valence-electron chi connectivity index (χ1n) is 3.67. The van der Waals surface area contributed by atoms with Gasteiger partial charge in [0, 0.05) is 10.6 Å². The van der Waals surface area contributed by atoms with Gasteiger partial charge in [-0.15, -0.1) is 0 Å². The maximum absolute atomic E-state index is 8.61. The molecule has 0 aliphatic carbocycles. The number of nitrogens with zero attached hydrogens (tertiary/aromatic N) is 1. The first-order valence-corrected chi connectivity index (χ1v) is 4.43. The highest BCUT2D eigenvalue weighted by Crippen LogP contribution is 2.24. The minimum Gasteiger partial charge on any atom is -0.193 e. The third-order valence-electron chi connectivity index (χ3n) is 1.58. The van der Waals surface area contributed by atoms with Crippen LogP contribution in [0, 0.1) is 11.3 Å². The number of allylic oxidation sites excluding steroid dienone is 1. The zero-order valence-electron chi connectivity index (χ0n) is 7.01. The molecule has 0 amide bonds. The van der Waals surface area contributed by atoms with Crippen LogP contribution in [0.25, 0.3) is 5.03 Å². The molecule has 0 atom stereocenters. The SMILES string of the molecule is CC(C#N)=C(Cl)c1cccc(Cl)c1. The lowest BCUT2D eigenvalue weighted by atomic mass is 10.1. The number of benzene rings is 1. The van der Waals surface area contributed by atoms with Gasteiger partial charge in [-0.1, -0.05) is 35.3 Å². The molecule has 3 heteroatoms. The number of halogens is 2. The molecule has 1 aromatic rings. The molecular weight excluding hydrogens is 205 g/mol. The molecule has 0 spiro atoms. The van der Waals surface area contributed by atoms with E-state index in [1.165, 1.54) is 0 Å². The van der Waals surface area contributed by atoms with Crippen molar-refractivity contribution in [2.24, 2.45) is 0 Å². The lowest BCUT2D eigenvalue weighted by Gasteiger charge is -2.00. The van der Waals surface area contributed by atoms with Crippen molar-refractivity contribution in [3.05, 3.63) is 40.4 Å². The standard InChI is InChI=1S/C10H7Cl2N/c1-7(6-13)10(12)8-3-2-4-9(11)5-8/h2-5H,1H3. The van der Waals surface area contributed by atoms with Gasteiger partial charge in [-0.2, -0.15) is 5.26 Å². The van der Waals surface area contributed by atoms with Crippen LogP contribution < -0.4 is 0 Å². The van der Waals surface area contributed by atoms with Gasteiger partial charge in [0.25, 0.3) is 0 Å². The van der Waals surface area contributed by atoms with E-state index in [9.17, 15) is 0 Å². The monoisotopic (exact) mass is 211 g/mol. The largest absolute Gasteiger partial charge is 0.193 e. The molecule has 0 saturated carbocycles. The Kier molecular flexibility index (Phi) is 3.36. The molecule has 0 fully saturated rings. The third-order valence-corrected chi connectivity index (χ3v) is 2.31. The van der Waals surface area contributed by atoms with Gasteiger partial charge in [-0.3, -0.25) is 0 Å². The Labute approximate surface area is 87.2 Å². The summed E-state index contributed by atoms with van der Waals surface area (Å²) in [6, 6.07) is 9.09. The molecule has 1 nitrogen and oxygen atoms in total. The topological polar surface area (TPSA) is 23.8 Å². The van der Waals surface area contributed by atoms with E-state index in [0.29, 0.717) is 15.6 Å². The van der Waals surface area contributed by atoms with Gasteiger partial charge in [0.1, 0.15) is 0 Å². The van der Waals surface area contributed by atoms with Crippen LogP contribution in [0.15, 0.2) is 29.8 Å². The second-order valence-electron chi connectivity index (χ2n) is 2.56. The molecule has 0 radical (unpaired) electrons. The second kappa shape index (κ2) is 4.32. The lowest BCUT2D eigenvalue weighted by molar-refractivity contribution is 1.45. The van der Waals surface area contributed by atoms with Crippen molar-refractivity contribution in [2.45, 2.75) is 6.92 Å². The fourth-order valence-electron chi connectivity index (χ4n) is 0.891. The van der Waals surface area contributed by atoms with Crippen molar-refractivity contribution >= 4 is 28.2 Å². The summed E-state index contributed by atoms with van der Waals surface area (Å²) in [5, 5.41) is 9.67. The van der Waals surface area contributed by atoms with Crippen LogP contribution in [0.4, 0.5) is 0 Å². The third kappa shape index (κ3) is 2.48. The minimum atomic E-state index is 0.449. The van der Waals surface area contributed by atoms with E-state index in [1.807, 2.05) is 12.1 Å². The molecule has 1 aromatic carbocycles. The van der Waals surface area contributed by atoms with Gasteiger partial charge in [0.05, 0.1) is 11.1 Å². The Bertz CT molecular complexity index is 388. The van der Waals surface area contributed by atoms with Crippen LogP contribution in [0.1, 0.15) is 12.5 Å². The van der Waals surface area contributed by atoms with Gasteiger partial charge < -0.3 is 0 Å². The molecule has 0 aliphatic rings. The highest BCUT2D eigenvalue weighted by Gasteiger charge is 2.02. The van der Waals surface area contributed by atoms with Crippen LogP contribution >= 0.6 is 23.2 Å². The molecular formula is C10H7Cl2N. The van der Waals surface area contributed by atoms with Crippen molar-refractivity contribution < 1.29 is 0 Å². The van der Waals surface area contributed by atoms with E-state index in [4.69, 9.17) is 28.5 Å². The molecule has 0 unspecified atom stereocenters. The quantitative estimate of drug-likeness (QED) is 0.649. The summed E-state index contributed by atoms with van der Waals surface area (Å²) in [7, 11) is 0. The predicted octanol–water partition coefficient (Wildman–Crippen LogP) is 3.83. The Morgan fingerprint density at radius 2 is 2.15 bits per heavy atom. The second-order valence-corrected chi connectivity index (χ2v) is 3.38. The molecule has 0 aliphatic heterocycles. The maximum atomic E-state index is 8.61. The van der Waals surface area contributed by atoms with Gasteiger partial charge in [-0.05, 0) is 24.6 Å². The van der Waals surface area contributed by atoms with E-state index in [-0.39, 0.29) is 0 Å². The fourth-order valence-corrected chi connectivity index (χ4v) is 1.24. The van der Waals surface area contributed by atoms with Gasteiger partial charge in [0.2, 0.25) is 0 Å². The lowest BCUT2D eigenvalue weighted by Crippen LogP contribution is -1.80. The zero-order chi connectivity index (χ0) is 9.84. The van der Waals surface area contributed by atoms with Crippen LogP contribution in [-0.2, 0) is 0 Å². The van der Waals surface area contributed by atoms with E-state index in [2.05, 4.69) is 0 Å². The smallest absolute Gasteiger partial charge is 0.0959 e. The van der Waals surface area contributed by atoms with Crippen molar-refractivity contribution in [3.63, 3.8) is 0 Å². The van der Waals surface area contributed by atoms with Gasteiger partial charge in [0.15, 0.2) is 0 Å². The molecule has 1 rings (SSSR count). The fraction of sp³-hybridized carbons (Fsp3) is 0.100. The number of hydrogen-bond acceptors (Lipinski definition) is 1.